The highest BCUT2D eigenvalue weighted by Gasteiger charge is 2.30. The summed E-state index contributed by atoms with van der Waals surface area (Å²) in [6.45, 7) is 2.13. The zero-order valence-electron chi connectivity index (χ0n) is 17.1. The van der Waals surface area contributed by atoms with Gasteiger partial charge in [0.05, 0.1) is 12.1 Å². The average Bonchev–Trinajstić information content (AvgIpc) is 3.25. The molecule has 174 valence electrons. The third-order valence-electron chi connectivity index (χ3n) is 5.12. The van der Waals surface area contributed by atoms with Crippen LogP contribution in [0.3, 0.4) is 0 Å². The van der Waals surface area contributed by atoms with Crippen LogP contribution < -0.4 is 5.32 Å². The molecule has 2 aromatic carbocycles. The van der Waals surface area contributed by atoms with E-state index in [0.29, 0.717) is 44.1 Å². The summed E-state index contributed by atoms with van der Waals surface area (Å²) in [5.41, 5.74) is -0.234. The standard InChI is InChI=1S/C21H18F5N5O2/c22-16-6-5-15(11-17(16)23)27-20(32)31-9-7-30(8-10-31)12-18-28-19(33-29-18)13-1-3-14(4-2-13)21(24,25)26/h1-6,11H,7-10,12H2,(H,27,32). The van der Waals surface area contributed by atoms with E-state index in [4.69, 9.17) is 4.52 Å². The van der Waals surface area contributed by atoms with Crippen molar-refractivity contribution in [3.63, 3.8) is 0 Å². The maximum atomic E-state index is 13.3. The van der Waals surface area contributed by atoms with Gasteiger partial charge in [0.1, 0.15) is 0 Å². The van der Waals surface area contributed by atoms with Crippen molar-refractivity contribution in [3.05, 3.63) is 65.5 Å². The monoisotopic (exact) mass is 467 g/mol. The lowest BCUT2D eigenvalue weighted by Gasteiger charge is -2.34. The Kier molecular flexibility index (Phi) is 6.27. The first-order valence-corrected chi connectivity index (χ1v) is 9.92. The lowest BCUT2D eigenvalue weighted by atomic mass is 10.1. The number of aromatic nitrogens is 2. The Hall–Kier alpha value is -3.54. The van der Waals surface area contributed by atoms with Gasteiger partial charge < -0.3 is 14.7 Å². The lowest BCUT2D eigenvalue weighted by molar-refractivity contribution is -0.137. The Labute approximate surface area is 184 Å². The smallest absolute Gasteiger partial charge is 0.334 e. The third kappa shape index (κ3) is 5.45. The quantitative estimate of drug-likeness (QED) is 0.577. The van der Waals surface area contributed by atoms with Crippen molar-refractivity contribution in [2.75, 3.05) is 31.5 Å². The number of benzene rings is 2. The molecule has 3 aromatic rings. The van der Waals surface area contributed by atoms with Crippen molar-refractivity contribution >= 4 is 11.7 Å². The molecule has 2 heterocycles. The van der Waals surface area contributed by atoms with Crippen LogP contribution in [0, 0.1) is 11.6 Å². The summed E-state index contributed by atoms with van der Waals surface area (Å²) in [6, 6.07) is 7.13. The van der Waals surface area contributed by atoms with Crippen LogP contribution in [-0.2, 0) is 12.7 Å². The third-order valence-corrected chi connectivity index (χ3v) is 5.12. The molecule has 33 heavy (non-hydrogen) atoms. The molecule has 1 N–H and O–H groups in total. The van der Waals surface area contributed by atoms with Crippen LogP contribution in [0.2, 0.25) is 0 Å². The molecule has 12 heteroatoms. The molecule has 1 saturated heterocycles. The fourth-order valence-electron chi connectivity index (χ4n) is 3.32. The van der Waals surface area contributed by atoms with Gasteiger partial charge in [0.25, 0.3) is 5.89 Å². The van der Waals surface area contributed by atoms with Gasteiger partial charge in [0.15, 0.2) is 17.5 Å². The number of halogens is 5. The summed E-state index contributed by atoms with van der Waals surface area (Å²) >= 11 is 0. The number of alkyl halides is 3. The minimum absolute atomic E-state index is 0.114. The number of piperazine rings is 1. The largest absolute Gasteiger partial charge is 0.416 e. The summed E-state index contributed by atoms with van der Waals surface area (Å²) in [6.07, 6.45) is -4.42. The molecular weight excluding hydrogens is 449 g/mol. The highest BCUT2D eigenvalue weighted by Crippen LogP contribution is 2.30. The van der Waals surface area contributed by atoms with Crippen molar-refractivity contribution in [2.45, 2.75) is 12.7 Å². The number of hydrogen-bond donors (Lipinski definition) is 1. The van der Waals surface area contributed by atoms with E-state index in [1.165, 1.54) is 18.2 Å². The van der Waals surface area contributed by atoms with Crippen molar-refractivity contribution in [3.8, 4) is 11.5 Å². The molecule has 0 radical (unpaired) electrons. The number of rotatable bonds is 4. The zero-order valence-corrected chi connectivity index (χ0v) is 17.1. The second-order valence-electron chi connectivity index (χ2n) is 7.41. The van der Waals surface area contributed by atoms with Crippen LogP contribution in [0.5, 0.6) is 0 Å². The van der Waals surface area contributed by atoms with E-state index in [0.717, 1.165) is 24.3 Å². The van der Waals surface area contributed by atoms with E-state index in [9.17, 15) is 26.7 Å². The summed E-state index contributed by atoms with van der Waals surface area (Å²) in [5.74, 6) is -1.56. The first-order chi connectivity index (χ1) is 15.7. The molecule has 4 rings (SSSR count). The van der Waals surface area contributed by atoms with Crippen LogP contribution in [0.15, 0.2) is 47.0 Å². The number of carbonyl (C=O) groups excluding carboxylic acids is 1. The number of urea groups is 1. The van der Waals surface area contributed by atoms with Crippen molar-refractivity contribution in [1.82, 2.24) is 19.9 Å². The first kappa shape index (κ1) is 22.6. The molecule has 1 aliphatic heterocycles. The topological polar surface area (TPSA) is 74.5 Å². The van der Waals surface area contributed by atoms with Crippen LogP contribution in [0.25, 0.3) is 11.5 Å². The van der Waals surface area contributed by atoms with E-state index < -0.39 is 29.4 Å². The minimum Gasteiger partial charge on any atom is -0.334 e. The predicted octanol–water partition coefficient (Wildman–Crippen LogP) is 4.38. The molecule has 0 unspecified atom stereocenters. The van der Waals surface area contributed by atoms with Gasteiger partial charge in [-0.15, -0.1) is 0 Å². The van der Waals surface area contributed by atoms with Crippen LogP contribution in [-0.4, -0.2) is 52.2 Å². The average molecular weight is 467 g/mol. The van der Waals surface area contributed by atoms with Gasteiger partial charge in [0.2, 0.25) is 0 Å². The molecular formula is C21H18F5N5O2. The molecule has 1 aliphatic rings. The number of nitrogens with one attached hydrogen (secondary N) is 1. The second kappa shape index (κ2) is 9.14. The summed E-state index contributed by atoms with van der Waals surface area (Å²) in [4.78, 5) is 20.1. The van der Waals surface area contributed by atoms with Gasteiger partial charge in [-0.25, -0.2) is 13.6 Å². The second-order valence-corrected chi connectivity index (χ2v) is 7.41. The zero-order chi connectivity index (χ0) is 23.6. The normalized spacial score (nSPS) is 15.0. The molecule has 0 atom stereocenters. The maximum absolute atomic E-state index is 13.3. The summed E-state index contributed by atoms with van der Waals surface area (Å²) in [5, 5.41) is 6.40. The van der Waals surface area contributed by atoms with E-state index >= 15 is 0 Å². The van der Waals surface area contributed by atoms with E-state index in [1.807, 2.05) is 4.90 Å². The number of anilines is 1. The first-order valence-electron chi connectivity index (χ1n) is 9.92. The Morgan fingerprint density at radius 3 is 2.33 bits per heavy atom. The Morgan fingerprint density at radius 1 is 1.00 bits per heavy atom. The van der Waals surface area contributed by atoms with Crippen LogP contribution in [0.4, 0.5) is 32.4 Å². The van der Waals surface area contributed by atoms with Gasteiger partial charge in [-0.3, -0.25) is 4.90 Å². The number of amides is 2. The van der Waals surface area contributed by atoms with Gasteiger partial charge in [-0.05, 0) is 36.4 Å². The molecule has 7 nitrogen and oxygen atoms in total. The Morgan fingerprint density at radius 2 is 1.70 bits per heavy atom. The van der Waals surface area contributed by atoms with E-state index in [1.54, 1.807) is 4.90 Å². The highest BCUT2D eigenvalue weighted by atomic mass is 19.4. The summed E-state index contributed by atoms with van der Waals surface area (Å²) < 4.78 is 69.5. The minimum atomic E-state index is -4.42. The van der Waals surface area contributed by atoms with Gasteiger partial charge in [-0.1, -0.05) is 5.16 Å². The molecule has 0 bridgehead atoms. The molecule has 0 saturated carbocycles. The fraction of sp³-hybridized carbons (Fsp3) is 0.286. The van der Waals surface area contributed by atoms with E-state index in [2.05, 4.69) is 15.5 Å². The number of carbonyl (C=O) groups is 1. The fourth-order valence-corrected chi connectivity index (χ4v) is 3.32. The Bertz CT molecular complexity index is 1120. The van der Waals surface area contributed by atoms with Gasteiger partial charge >= 0.3 is 12.2 Å². The van der Waals surface area contributed by atoms with Gasteiger partial charge in [0, 0.05) is 43.5 Å². The predicted molar refractivity (Wildman–Crippen MR) is 107 cm³/mol. The maximum Gasteiger partial charge on any atom is 0.416 e. The van der Waals surface area contributed by atoms with Gasteiger partial charge in [-0.2, -0.15) is 18.2 Å². The Balaban J connectivity index is 1.29. The summed E-state index contributed by atoms with van der Waals surface area (Å²) in [7, 11) is 0. The lowest BCUT2D eigenvalue weighted by Crippen LogP contribution is -2.49. The molecule has 0 spiro atoms. The van der Waals surface area contributed by atoms with Crippen LogP contribution >= 0.6 is 0 Å². The van der Waals surface area contributed by atoms with Crippen molar-refractivity contribution < 1.29 is 31.3 Å². The molecule has 2 amide bonds. The molecule has 1 fully saturated rings. The SMILES string of the molecule is O=C(Nc1ccc(F)c(F)c1)N1CCN(Cc2noc(-c3ccc(C(F)(F)F)cc3)n2)CC1. The molecule has 0 aliphatic carbocycles. The molecule has 1 aromatic heterocycles. The highest BCUT2D eigenvalue weighted by molar-refractivity contribution is 5.89. The van der Waals surface area contributed by atoms with Crippen molar-refractivity contribution in [2.24, 2.45) is 0 Å². The van der Waals surface area contributed by atoms with E-state index in [-0.39, 0.29) is 11.6 Å². The van der Waals surface area contributed by atoms with Crippen LogP contribution in [0.1, 0.15) is 11.4 Å². The van der Waals surface area contributed by atoms with Crippen molar-refractivity contribution in [1.29, 1.82) is 0 Å². The number of hydrogen-bond acceptors (Lipinski definition) is 5. The number of nitrogens with zero attached hydrogens (tertiary/aromatic N) is 4.